The maximum Gasteiger partial charge on any atom is 0.0667 e. The normalized spacial score (nSPS) is 23.5. The lowest BCUT2D eigenvalue weighted by Gasteiger charge is -2.24. The van der Waals surface area contributed by atoms with Crippen molar-refractivity contribution in [2.24, 2.45) is 5.92 Å². The second-order valence-electron chi connectivity index (χ2n) is 6.66. The Bertz CT molecular complexity index is 235. The Balaban J connectivity index is 1.48. The van der Waals surface area contributed by atoms with Crippen LogP contribution in [0, 0.1) is 5.92 Å². The summed E-state index contributed by atoms with van der Waals surface area (Å²) in [7, 11) is 2.24. The molecule has 1 unspecified atom stereocenters. The van der Waals surface area contributed by atoms with Gasteiger partial charge in [0.25, 0.3) is 0 Å². The second kappa shape index (κ2) is 8.23. The van der Waals surface area contributed by atoms with Crippen LogP contribution in [0.15, 0.2) is 0 Å². The van der Waals surface area contributed by atoms with Crippen LogP contribution in [0.1, 0.15) is 57.8 Å². The van der Waals surface area contributed by atoms with E-state index in [9.17, 15) is 5.11 Å². The molecule has 2 fully saturated rings. The van der Waals surface area contributed by atoms with Crippen LogP contribution >= 0.6 is 0 Å². The van der Waals surface area contributed by atoms with E-state index in [0.29, 0.717) is 0 Å². The molecule has 0 radical (unpaired) electrons. The summed E-state index contributed by atoms with van der Waals surface area (Å²) in [5, 5.41) is 13.4. The molecule has 0 aromatic carbocycles. The van der Waals surface area contributed by atoms with Gasteiger partial charge in [0, 0.05) is 25.7 Å². The van der Waals surface area contributed by atoms with Gasteiger partial charge in [-0.25, -0.2) is 0 Å². The number of hydrogen-bond acceptors (Lipinski definition) is 3. The van der Waals surface area contributed by atoms with Gasteiger partial charge in [-0.3, -0.25) is 0 Å². The Hall–Kier alpha value is -0.120. The molecule has 0 spiro atoms. The lowest BCUT2D eigenvalue weighted by atomic mass is 10.0. The molecule has 1 atom stereocenters. The molecule has 3 heteroatoms. The number of aliphatic hydroxyl groups excluding tert-OH is 1. The van der Waals surface area contributed by atoms with Crippen molar-refractivity contribution in [1.29, 1.82) is 0 Å². The van der Waals surface area contributed by atoms with Crippen molar-refractivity contribution in [2.45, 2.75) is 69.9 Å². The van der Waals surface area contributed by atoms with Crippen LogP contribution in [0.4, 0.5) is 0 Å². The SMILES string of the molecule is CN(CCNCC(O)CC1CCCC1)C1CCCC1. The molecule has 2 aliphatic carbocycles. The Kier molecular flexibility index (Phi) is 6.62. The van der Waals surface area contributed by atoms with Gasteiger partial charge >= 0.3 is 0 Å². The van der Waals surface area contributed by atoms with Gasteiger partial charge in [-0.15, -0.1) is 0 Å². The molecule has 2 saturated carbocycles. The van der Waals surface area contributed by atoms with Crippen molar-refractivity contribution in [3.63, 3.8) is 0 Å². The van der Waals surface area contributed by atoms with E-state index >= 15 is 0 Å². The number of nitrogens with one attached hydrogen (secondary N) is 1. The third-order valence-corrected chi connectivity index (χ3v) is 5.05. The maximum atomic E-state index is 10.0. The van der Waals surface area contributed by atoms with Gasteiger partial charge in [0.2, 0.25) is 0 Å². The molecular weight excluding hydrogens is 236 g/mol. The van der Waals surface area contributed by atoms with Crippen LogP contribution in [0.5, 0.6) is 0 Å². The highest BCUT2D eigenvalue weighted by molar-refractivity contribution is 4.76. The van der Waals surface area contributed by atoms with Gasteiger partial charge in [0.05, 0.1) is 6.10 Å². The molecule has 2 N–H and O–H groups in total. The van der Waals surface area contributed by atoms with Crippen LogP contribution in [0.2, 0.25) is 0 Å². The number of hydrogen-bond donors (Lipinski definition) is 2. The van der Waals surface area contributed by atoms with Crippen LogP contribution in [0.3, 0.4) is 0 Å². The zero-order valence-corrected chi connectivity index (χ0v) is 12.6. The van der Waals surface area contributed by atoms with Crippen LogP contribution in [-0.2, 0) is 0 Å². The highest BCUT2D eigenvalue weighted by atomic mass is 16.3. The predicted molar refractivity (Wildman–Crippen MR) is 80.3 cm³/mol. The van der Waals surface area contributed by atoms with E-state index in [1.54, 1.807) is 0 Å². The summed E-state index contributed by atoms with van der Waals surface area (Å²) in [6, 6.07) is 0.810. The van der Waals surface area contributed by atoms with Crippen molar-refractivity contribution in [3.8, 4) is 0 Å². The Morgan fingerprint density at radius 2 is 1.74 bits per heavy atom. The summed E-state index contributed by atoms with van der Waals surface area (Å²) in [6.07, 6.45) is 11.8. The van der Waals surface area contributed by atoms with E-state index in [4.69, 9.17) is 0 Å². The molecule has 0 aromatic heterocycles. The molecular formula is C16H32N2O. The van der Waals surface area contributed by atoms with Gasteiger partial charge in [-0.2, -0.15) is 0 Å². The Morgan fingerprint density at radius 3 is 2.42 bits per heavy atom. The summed E-state index contributed by atoms with van der Waals surface area (Å²) in [5.74, 6) is 0.790. The first kappa shape index (κ1) is 15.3. The Morgan fingerprint density at radius 1 is 1.11 bits per heavy atom. The quantitative estimate of drug-likeness (QED) is 0.664. The standard InChI is InChI=1S/C16H32N2O/c1-18(15-8-4-5-9-15)11-10-17-13-16(19)12-14-6-2-3-7-14/h14-17,19H,2-13H2,1H3. The van der Waals surface area contributed by atoms with E-state index in [1.807, 2.05) is 0 Å². The largest absolute Gasteiger partial charge is 0.392 e. The van der Waals surface area contributed by atoms with Crippen LogP contribution in [-0.4, -0.2) is 48.8 Å². The minimum Gasteiger partial charge on any atom is -0.392 e. The summed E-state index contributed by atoms with van der Waals surface area (Å²) in [5.41, 5.74) is 0. The zero-order valence-electron chi connectivity index (χ0n) is 12.6. The van der Waals surface area contributed by atoms with E-state index in [1.165, 1.54) is 51.4 Å². The molecule has 2 rings (SSSR count). The molecule has 19 heavy (non-hydrogen) atoms. The molecule has 3 nitrogen and oxygen atoms in total. The minimum atomic E-state index is -0.139. The summed E-state index contributed by atoms with van der Waals surface area (Å²) in [6.45, 7) is 2.89. The first-order valence-electron chi connectivity index (χ1n) is 8.34. The van der Waals surface area contributed by atoms with E-state index < -0.39 is 0 Å². The third kappa shape index (κ3) is 5.41. The first-order valence-corrected chi connectivity index (χ1v) is 8.34. The molecule has 0 aromatic rings. The average Bonchev–Trinajstić information content (AvgIpc) is 3.06. The molecule has 0 saturated heterocycles. The van der Waals surface area contributed by atoms with Crippen molar-refractivity contribution >= 4 is 0 Å². The van der Waals surface area contributed by atoms with E-state index in [-0.39, 0.29) is 6.10 Å². The van der Waals surface area contributed by atoms with E-state index in [0.717, 1.165) is 38.0 Å². The maximum absolute atomic E-state index is 10.0. The fourth-order valence-corrected chi connectivity index (χ4v) is 3.77. The highest BCUT2D eigenvalue weighted by Crippen LogP contribution is 2.28. The highest BCUT2D eigenvalue weighted by Gasteiger charge is 2.20. The molecule has 0 amide bonds. The summed E-state index contributed by atoms with van der Waals surface area (Å²) >= 11 is 0. The molecule has 0 heterocycles. The molecule has 0 aliphatic heterocycles. The van der Waals surface area contributed by atoms with Gasteiger partial charge in [0.1, 0.15) is 0 Å². The van der Waals surface area contributed by atoms with Crippen molar-refractivity contribution in [2.75, 3.05) is 26.7 Å². The Labute approximate surface area is 118 Å². The number of rotatable bonds is 8. The summed E-state index contributed by atoms with van der Waals surface area (Å²) in [4.78, 5) is 2.49. The number of aliphatic hydroxyl groups is 1. The van der Waals surface area contributed by atoms with Gasteiger partial charge in [0.15, 0.2) is 0 Å². The monoisotopic (exact) mass is 268 g/mol. The smallest absolute Gasteiger partial charge is 0.0667 e. The first-order chi connectivity index (χ1) is 9.25. The molecule has 112 valence electrons. The second-order valence-corrected chi connectivity index (χ2v) is 6.66. The number of likely N-dealkylation sites (N-methyl/N-ethyl adjacent to an activating group) is 1. The van der Waals surface area contributed by atoms with Crippen molar-refractivity contribution in [3.05, 3.63) is 0 Å². The van der Waals surface area contributed by atoms with Crippen LogP contribution < -0.4 is 5.32 Å². The van der Waals surface area contributed by atoms with Crippen molar-refractivity contribution < 1.29 is 5.11 Å². The molecule has 0 bridgehead atoms. The lowest BCUT2D eigenvalue weighted by molar-refractivity contribution is 0.138. The molecule has 2 aliphatic rings. The minimum absolute atomic E-state index is 0.139. The lowest BCUT2D eigenvalue weighted by Crippen LogP contribution is -2.37. The summed E-state index contributed by atoms with van der Waals surface area (Å²) < 4.78 is 0. The van der Waals surface area contributed by atoms with Crippen LogP contribution in [0.25, 0.3) is 0 Å². The fourth-order valence-electron chi connectivity index (χ4n) is 3.77. The zero-order chi connectivity index (χ0) is 13.5. The number of nitrogens with zero attached hydrogens (tertiary/aromatic N) is 1. The fraction of sp³-hybridized carbons (Fsp3) is 1.00. The van der Waals surface area contributed by atoms with E-state index in [2.05, 4.69) is 17.3 Å². The van der Waals surface area contributed by atoms with Gasteiger partial charge in [-0.05, 0) is 32.2 Å². The van der Waals surface area contributed by atoms with Crippen molar-refractivity contribution in [1.82, 2.24) is 10.2 Å². The van der Waals surface area contributed by atoms with Gasteiger partial charge in [-0.1, -0.05) is 38.5 Å². The van der Waals surface area contributed by atoms with Gasteiger partial charge < -0.3 is 15.3 Å². The third-order valence-electron chi connectivity index (χ3n) is 5.05. The average molecular weight is 268 g/mol. The topological polar surface area (TPSA) is 35.5 Å². The predicted octanol–water partition coefficient (Wildman–Crippen LogP) is 2.39.